The summed E-state index contributed by atoms with van der Waals surface area (Å²) in [6, 6.07) is 11.7. The van der Waals surface area contributed by atoms with Gasteiger partial charge >= 0.3 is 5.97 Å². The van der Waals surface area contributed by atoms with Crippen LogP contribution in [-0.2, 0) is 41.8 Å². The topological polar surface area (TPSA) is 98.8 Å². The number of ketones is 1. The number of methoxy groups -OCH3 is 1. The standard InChI is InChI=1S/C25H21F2NO6/c1-33-25(32)21-16(9-10-29)11-19(22(30)23(21)34-14-15-5-3-2-4-6-15)24(31)28-13-17-7-8-18(26)12-20(17)27/h2-8,10-12,16H,9,13-14H2,1H3,(H,28,31). The van der Waals surface area contributed by atoms with Crippen LogP contribution >= 0.6 is 0 Å². The van der Waals surface area contributed by atoms with E-state index in [4.69, 9.17) is 9.47 Å². The molecule has 0 spiro atoms. The maximum atomic E-state index is 13.9. The first-order chi connectivity index (χ1) is 16.3. The van der Waals surface area contributed by atoms with Gasteiger partial charge in [-0.1, -0.05) is 42.5 Å². The number of aldehydes is 1. The summed E-state index contributed by atoms with van der Waals surface area (Å²) in [6.45, 7) is -0.395. The second-order valence-corrected chi connectivity index (χ2v) is 7.35. The molecule has 1 amide bonds. The van der Waals surface area contributed by atoms with Crippen LogP contribution in [0.5, 0.6) is 0 Å². The van der Waals surface area contributed by atoms with E-state index in [0.717, 1.165) is 13.2 Å². The second kappa shape index (κ2) is 11.1. The van der Waals surface area contributed by atoms with Gasteiger partial charge in [-0.15, -0.1) is 0 Å². The molecule has 9 heteroatoms. The van der Waals surface area contributed by atoms with Gasteiger partial charge < -0.3 is 19.6 Å². The zero-order chi connectivity index (χ0) is 24.7. The molecule has 34 heavy (non-hydrogen) atoms. The molecule has 2 aromatic carbocycles. The van der Waals surface area contributed by atoms with Crippen molar-refractivity contribution in [1.82, 2.24) is 5.32 Å². The molecule has 2 aromatic rings. The number of carbonyl (C=O) groups is 4. The normalized spacial score (nSPS) is 15.4. The number of esters is 1. The number of benzene rings is 2. The fourth-order valence-electron chi connectivity index (χ4n) is 3.40. The summed E-state index contributed by atoms with van der Waals surface area (Å²) in [7, 11) is 1.12. The molecule has 0 radical (unpaired) electrons. The zero-order valence-electron chi connectivity index (χ0n) is 18.2. The number of hydrogen-bond acceptors (Lipinski definition) is 6. The minimum atomic E-state index is -0.947. The van der Waals surface area contributed by atoms with Crippen LogP contribution in [0.2, 0.25) is 0 Å². The average Bonchev–Trinajstić information content (AvgIpc) is 2.83. The molecule has 1 aliphatic carbocycles. The largest absolute Gasteiger partial charge is 0.484 e. The average molecular weight is 469 g/mol. The third-order valence-electron chi connectivity index (χ3n) is 5.11. The molecule has 0 heterocycles. The van der Waals surface area contributed by atoms with Crippen molar-refractivity contribution >= 4 is 23.9 Å². The van der Waals surface area contributed by atoms with Crippen LogP contribution in [0.4, 0.5) is 8.78 Å². The van der Waals surface area contributed by atoms with E-state index in [1.807, 2.05) is 0 Å². The highest BCUT2D eigenvalue weighted by Gasteiger charge is 2.38. The summed E-state index contributed by atoms with van der Waals surface area (Å²) in [4.78, 5) is 49.6. The lowest BCUT2D eigenvalue weighted by atomic mass is 9.85. The van der Waals surface area contributed by atoms with E-state index in [1.54, 1.807) is 30.3 Å². The highest BCUT2D eigenvalue weighted by molar-refractivity contribution is 6.27. The summed E-state index contributed by atoms with van der Waals surface area (Å²) in [5, 5.41) is 2.40. The van der Waals surface area contributed by atoms with E-state index in [9.17, 15) is 28.0 Å². The van der Waals surface area contributed by atoms with E-state index in [-0.39, 0.29) is 36.3 Å². The van der Waals surface area contributed by atoms with Crippen LogP contribution in [-0.4, -0.2) is 31.1 Å². The van der Waals surface area contributed by atoms with E-state index >= 15 is 0 Å². The van der Waals surface area contributed by atoms with Crippen LogP contribution in [0, 0.1) is 17.6 Å². The van der Waals surface area contributed by atoms with E-state index in [1.165, 1.54) is 12.1 Å². The number of allylic oxidation sites excluding steroid dienone is 2. The third-order valence-corrected chi connectivity index (χ3v) is 5.11. The Morgan fingerprint density at radius 3 is 2.50 bits per heavy atom. The lowest BCUT2D eigenvalue weighted by Gasteiger charge is -2.24. The number of halogens is 2. The van der Waals surface area contributed by atoms with Crippen LogP contribution < -0.4 is 5.32 Å². The molecule has 0 fully saturated rings. The van der Waals surface area contributed by atoms with Crippen LogP contribution in [0.1, 0.15) is 17.5 Å². The van der Waals surface area contributed by atoms with Gasteiger partial charge in [-0.3, -0.25) is 9.59 Å². The predicted octanol–water partition coefficient (Wildman–Crippen LogP) is 2.94. The Kier molecular flexibility index (Phi) is 8.02. The fourth-order valence-corrected chi connectivity index (χ4v) is 3.40. The van der Waals surface area contributed by atoms with Gasteiger partial charge in [0.05, 0.1) is 18.3 Å². The highest BCUT2D eigenvalue weighted by atomic mass is 19.1. The van der Waals surface area contributed by atoms with E-state index in [0.29, 0.717) is 17.9 Å². The Morgan fingerprint density at radius 1 is 1.12 bits per heavy atom. The molecule has 3 rings (SSSR count). The zero-order valence-corrected chi connectivity index (χ0v) is 18.2. The molecule has 1 N–H and O–H groups in total. The van der Waals surface area contributed by atoms with Gasteiger partial charge in [0, 0.05) is 30.5 Å². The first-order valence-corrected chi connectivity index (χ1v) is 10.3. The second-order valence-electron chi connectivity index (χ2n) is 7.35. The SMILES string of the molecule is COC(=O)C1=C(OCc2ccccc2)C(=O)C(C(=O)NCc2ccc(F)cc2F)=CC1CC=O. The Labute approximate surface area is 194 Å². The van der Waals surface area contributed by atoms with Gasteiger partial charge in [0.25, 0.3) is 5.91 Å². The van der Waals surface area contributed by atoms with Gasteiger partial charge in [-0.2, -0.15) is 0 Å². The first-order valence-electron chi connectivity index (χ1n) is 10.3. The molecular formula is C25H21F2NO6. The first kappa shape index (κ1) is 24.5. The third kappa shape index (κ3) is 5.61. The van der Waals surface area contributed by atoms with Crippen molar-refractivity contribution < 1.29 is 37.4 Å². The fraction of sp³-hybridized carbons (Fsp3) is 0.200. The van der Waals surface area contributed by atoms with Crippen molar-refractivity contribution in [3.05, 3.63) is 94.3 Å². The molecule has 0 bridgehead atoms. The quantitative estimate of drug-likeness (QED) is 0.345. The van der Waals surface area contributed by atoms with Crippen molar-refractivity contribution in [1.29, 1.82) is 0 Å². The number of Topliss-reactive ketones (excluding diaryl/α,β-unsaturated/α-hetero) is 1. The van der Waals surface area contributed by atoms with Gasteiger partial charge in [0.15, 0.2) is 5.76 Å². The summed E-state index contributed by atoms with van der Waals surface area (Å²) in [5.41, 5.74) is 0.169. The van der Waals surface area contributed by atoms with Gasteiger partial charge in [-0.05, 0) is 11.6 Å². The highest BCUT2D eigenvalue weighted by Crippen LogP contribution is 2.31. The number of nitrogens with one attached hydrogen (secondary N) is 1. The summed E-state index contributed by atoms with van der Waals surface area (Å²) < 4.78 is 37.4. The van der Waals surface area contributed by atoms with Gasteiger partial charge in [0.2, 0.25) is 5.78 Å². The molecule has 0 saturated carbocycles. The van der Waals surface area contributed by atoms with Gasteiger partial charge in [-0.25, -0.2) is 13.6 Å². The summed E-state index contributed by atoms with van der Waals surface area (Å²) in [6.07, 6.45) is 1.52. The molecule has 1 unspecified atom stereocenters. The number of hydrogen-bond donors (Lipinski definition) is 1. The lowest BCUT2D eigenvalue weighted by molar-refractivity contribution is -0.138. The minimum Gasteiger partial charge on any atom is -0.484 e. The Hall–Kier alpha value is -4.14. The number of carbonyl (C=O) groups excluding carboxylic acids is 4. The molecule has 7 nitrogen and oxygen atoms in total. The maximum absolute atomic E-state index is 13.9. The molecule has 0 aromatic heterocycles. The van der Waals surface area contributed by atoms with Crippen molar-refractivity contribution in [2.45, 2.75) is 19.6 Å². The van der Waals surface area contributed by atoms with E-state index in [2.05, 4.69) is 5.32 Å². The van der Waals surface area contributed by atoms with Crippen molar-refractivity contribution in [2.24, 2.45) is 5.92 Å². The van der Waals surface area contributed by atoms with Crippen molar-refractivity contribution in [3.63, 3.8) is 0 Å². The van der Waals surface area contributed by atoms with Gasteiger partial charge in [0.1, 0.15) is 24.5 Å². The molecule has 0 saturated heterocycles. The Bertz CT molecular complexity index is 1170. The monoisotopic (exact) mass is 469 g/mol. The number of rotatable bonds is 9. The molecular weight excluding hydrogens is 448 g/mol. The minimum absolute atomic E-state index is 0.00870. The molecule has 176 valence electrons. The number of amides is 1. The molecule has 0 aliphatic heterocycles. The lowest BCUT2D eigenvalue weighted by Crippen LogP contribution is -2.34. The summed E-state index contributed by atoms with van der Waals surface area (Å²) >= 11 is 0. The van der Waals surface area contributed by atoms with Crippen LogP contribution in [0.15, 0.2) is 71.5 Å². The maximum Gasteiger partial charge on any atom is 0.338 e. The Morgan fingerprint density at radius 2 is 1.85 bits per heavy atom. The smallest absolute Gasteiger partial charge is 0.338 e. The number of ether oxygens (including phenoxy) is 2. The van der Waals surface area contributed by atoms with Crippen molar-refractivity contribution in [2.75, 3.05) is 7.11 Å². The predicted molar refractivity (Wildman–Crippen MR) is 116 cm³/mol. The molecule has 1 aliphatic rings. The summed E-state index contributed by atoms with van der Waals surface area (Å²) in [5.74, 6) is -5.59. The molecule has 1 atom stereocenters. The van der Waals surface area contributed by atoms with Crippen molar-refractivity contribution in [3.8, 4) is 0 Å². The van der Waals surface area contributed by atoms with E-state index < -0.39 is 41.0 Å². The van der Waals surface area contributed by atoms with Crippen LogP contribution in [0.3, 0.4) is 0 Å². The Balaban J connectivity index is 1.88. The van der Waals surface area contributed by atoms with Crippen LogP contribution in [0.25, 0.3) is 0 Å².